The highest BCUT2D eigenvalue weighted by molar-refractivity contribution is 5.80. The Morgan fingerprint density at radius 1 is 0.407 bits per heavy atom. The summed E-state index contributed by atoms with van der Waals surface area (Å²) in [4.78, 5) is 12.5. The molecule has 0 aromatic carbocycles. The fourth-order valence-electron chi connectivity index (χ4n) is 8.38. The number of aliphatic hydroxyl groups is 3. The molecule has 0 heterocycles. The number of hydrogen-bond donors (Lipinski definition) is 4. The minimum atomic E-state index is -1.10. The monoisotopic (exact) mass is 832 g/mol. The van der Waals surface area contributed by atoms with Crippen LogP contribution in [0.25, 0.3) is 0 Å². The van der Waals surface area contributed by atoms with Gasteiger partial charge in [-0.1, -0.05) is 282 Å². The van der Waals surface area contributed by atoms with E-state index >= 15 is 0 Å². The maximum absolute atomic E-state index is 12.5. The Morgan fingerprint density at radius 2 is 0.695 bits per heavy atom. The van der Waals surface area contributed by atoms with Gasteiger partial charge in [0, 0.05) is 0 Å². The highest BCUT2D eigenvalue weighted by Gasteiger charge is 2.22. The number of amides is 1. The Balaban J connectivity index is 3.59. The van der Waals surface area contributed by atoms with Gasteiger partial charge >= 0.3 is 0 Å². The molecule has 0 aliphatic carbocycles. The van der Waals surface area contributed by atoms with Crippen molar-refractivity contribution in [1.82, 2.24) is 5.32 Å². The first-order chi connectivity index (χ1) is 29.1. The second-order valence-electron chi connectivity index (χ2n) is 18.4. The maximum Gasteiger partial charge on any atom is 0.249 e. The Morgan fingerprint density at radius 3 is 1.03 bits per heavy atom. The van der Waals surface area contributed by atoms with Gasteiger partial charge in [-0.2, -0.15) is 0 Å². The van der Waals surface area contributed by atoms with Gasteiger partial charge in [0.2, 0.25) is 5.91 Å². The number of carbonyl (C=O) groups excluding carboxylic acids is 1. The SMILES string of the molecule is CCCCCCCCCCCCCCCC/C=C/CC/C=C/C(O)C(CO)NC(=O)C(O)CCCCCCCCCCCCCCCCCCCCCCCCCCC. The van der Waals surface area contributed by atoms with Crippen molar-refractivity contribution in [3.05, 3.63) is 24.3 Å². The van der Waals surface area contributed by atoms with Crippen LogP contribution in [0.1, 0.15) is 290 Å². The largest absolute Gasteiger partial charge is 0.394 e. The van der Waals surface area contributed by atoms with Gasteiger partial charge in [0.25, 0.3) is 0 Å². The molecule has 3 atom stereocenters. The molecule has 0 spiro atoms. The lowest BCUT2D eigenvalue weighted by molar-refractivity contribution is -0.131. The van der Waals surface area contributed by atoms with E-state index < -0.39 is 24.2 Å². The zero-order valence-corrected chi connectivity index (χ0v) is 39.9. The second kappa shape index (κ2) is 49.5. The maximum atomic E-state index is 12.5. The van der Waals surface area contributed by atoms with Crippen LogP contribution in [0, 0.1) is 0 Å². The molecule has 0 rings (SSSR count). The third-order valence-corrected chi connectivity index (χ3v) is 12.5. The molecule has 0 bridgehead atoms. The molecule has 5 nitrogen and oxygen atoms in total. The minimum Gasteiger partial charge on any atom is -0.394 e. The van der Waals surface area contributed by atoms with E-state index in [2.05, 4.69) is 31.3 Å². The molecular formula is C54H105NO4. The van der Waals surface area contributed by atoms with Crippen LogP contribution in [-0.2, 0) is 4.79 Å². The van der Waals surface area contributed by atoms with Crippen molar-refractivity contribution >= 4 is 5.91 Å². The number of aliphatic hydroxyl groups excluding tert-OH is 3. The Hall–Kier alpha value is -1.17. The molecule has 5 heteroatoms. The lowest BCUT2D eigenvalue weighted by Gasteiger charge is -2.21. The summed E-state index contributed by atoms with van der Waals surface area (Å²) in [6, 6.07) is -0.812. The van der Waals surface area contributed by atoms with Crippen LogP contribution in [0.2, 0.25) is 0 Å². The van der Waals surface area contributed by atoms with Gasteiger partial charge in [0.1, 0.15) is 6.10 Å². The third kappa shape index (κ3) is 44.7. The molecule has 3 unspecified atom stereocenters. The first-order valence-corrected chi connectivity index (χ1v) is 26.7. The van der Waals surface area contributed by atoms with E-state index in [-0.39, 0.29) is 6.61 Å². The number of allylic oxidation sites excluding steroid dienone is 3. The van der Waals surface area contributed by atoms with Crippen molar-refractivity contribution in [2.24, 2.45) is 0 Å². The Labute approximate surface area is 369 Å². The van der Waals surface area contributed by atoms with Gasteiger partial charge in [-0.3, -0.25) is 4.79 Å². The molecule has 0 aromatic heterocycles. The van der Waals surface area contributed by atoms with E-state index in [4.69, 9.17) is 0 Å². The van der Waals surface area contributed by atoms with Crippen molar-refractivity contribution in [1.29, 1.82) is 0 Å². The van der Waals surface area contributed by atoms with E-state index in [9.17, 15) is 20.1 Å². The van der Waals surface area contributed by atoms with E-state index in [0.29, 0.717) is 6.42 Å². The van der Waals surface area contributed by atoms with Crippen LogP contribution in [0.4, 0.5) is 0 Å². The summed E-state index contributed by atoms with van der Waals surface area (Å²) in [5.41, 5.74) is 0. The highest BCUT2D eigenvalue weighted by atomic mass is 16.3. The van der Waals surface area contributed by atoms with Crippen LogP contribution in [0.3, 0.4) is 0 Å². The lowest BCUT2D eigenvalue weighted by atomic mass is 10.0. The predicted octanol–water partition coefficient (Wildman–Crippen LogP) is 16.1. The van der Waals surface area contributed by atoms with E-state index in [1.807, 2.05) is 6.08 Å². The molecule has 0 saturated heterocycles. The van der Waals surface area contributed by atoms with Crippen molar-refractivity contribution in [3.63, 3.8) is 0 Å². The zero-order valence-electron chi connectivity index (χ0n) is 39.9. The second-order valence-corrected chi connectivity index (χ2v) is 18.4. The summed E-state index contributed by atoms with van der Waals surface area (Å²) in [6.45, 7) is 4.20. The summed E-state index contributed by atoms with van der Waals surface area (Å²) < 4.78 is 0. The molecule has 0 aromatic rings. The molecule has 0 fully saturated rings. The topological polar surface area (TPSA) is 89.8 Å². The van der Waals surface area contributed by atoms with Crippen molar-refractivity contribution in [3.8, 4) is 0 Å². The van der Waals surface area contributed by atoms with Crippen LogP contribution in [0.5, 0.6) is 0 Å². The minimum absolute atomic E-state index is 0.372. The normalized spacial score (nSPS) is 13.5. The van der Waals surface area contributed by atoms with Gasteiger partial charge in [-0.15, -0.1) is 0 Å². The van der Waals surface area contributed by atoms with E-state index in [1.165, 1.54) is 231 Å². The summed E-state index contributed by atoms with van der Waals surface area (Å²) >= 11 is 0. The average Bonchev–Trinajstić information content (AvgIpc) is 3.24. The summed E-state index contributed by atoms with van der Waals surface area (Å²) in [6.07, 6.45) is 62.5. The van der Waals surface area contributed by atoms with Crippen LogP contribution in [0.15, 0.2) is 24.3 Å². The van der Waals surface area contributed by atoms with Crippen molar-refractivity contribution in [2.75, 3.05) is 6.61 Å². The Kier molecular flexibility index (Phi) is 48.5. The molecule has 4 N–H and O–H groups in total. The van der Waals surface area contributed by atoms with Gasteiger partial charge in [-0.25, -0.2) is 0 Å². The number of unbranched alkanes of at least 4 members (excludes halogenated alkanes) is 39. The van der Waals surface area contributed by atoms with Crippen LogP contribution >= 0.6 is 0 Å². The van der Waals surface area contributed by atoms with Gasteiger partial charge in [0.15, 0.2) is 0 Å². The van der Waals surface area contributed by atoms with Crippen molar-refractivity contribution in [2.45, 2.75) is 308 Å². The first kappa shape index (κ1) is 57.8. The molecule has 0 aliphatic rings. The van der Waals surface area contributed by atoms with Crippen LogP contribution < -0.4 is 5.32 Å². The highest BCUT2D eigenvalue weighted by Crippen LogP contribution is 2.17. The van der Waals surface area contributed by atoms with E-state index in [1.54, 1.807) is 6.08 Å². The zero-order chi connectivity index (χ0) is 43.0. The summed E-state index contributed by atoms with van der Waals surface area (Å²) in [7, 11) is 0. The molecule has 0 saturated carbocycles. The standard InChI is InChI=1S/C54H105NO4/c1-3-5-7-9-11-13-15-17-19-21-23-25-26-27-28-29-31-33-35-37-39-41-43-45-47-49-53(58)54(59)55-51(50-56)52(57)48-46-44-42-40-38-36-34-32-30-24-22-20-18-16-14-12-10-8-6-4-2/h38,40,46,48,51-53,56-58H,3-37,39,41-45,47,49-50H2,1-2H3,(H,55,59)/b40-38+,48-46+. The van der Waals surface area contributed by atoms with Gasteiger partial charge in [-0.05, 0) is 32.1 Å². The Bertz CT molecular complexity index is 874. The fourth-order valence-corrected chi connectivity index (χ4v) is 8.38. The van der Waals surface area contributed by atoms with Crippen molar-refractivity contribution < 1.29 is 20.1 Å². The lowest BCUT2D eigenvalue weighted by Crippen LogP contribution is -2.48. The molecule has 59 heavy (non-hydrogen) atoms. The molecular weight excluding hydrogens is 727 g/mol. The molecule has 0 aliphatic heterocycles. The number of nitrogens with one attached hydrogen (secondary N) is 1. The number of hydrogen-bond acceptors (Lipinski definition) is 4. The first-order valence-electron chi connectivity index (χ1n) is 26.7. The molecule has 1 amide bonds. The van der Waals surface area contributed by atoms with Gasteiger partial charge in [0.05, 0.1) is 18.8 Å². The average molecular weight is 832 g/mol. The number of carbonyl (C=O) groups is 1. The van der Waals surface area contributed by atoms with Gasteiger partial charge < -0.3 is 20.6 Å². The van der Waals surface area contributed by atoms with E-state index in [0.717, 1.165) is 38.5 Å². The quantitative estimate of drug-likeness (QED) is 0.0363. The summed E-state index contributed by atoms with van der Waals surface area (Å²) in [5.74, 6) is -0.507. The smallest absolute Gasteiger partial charge is 0.249 e. The fraction of sp³-hybridized carbons (Fsp3) is 0.907. The molecule has 350 valence electrons. The predicted molar refractivity (Wildman–Crippen MR) is 259 cm³/mol. The summed E-state index contributed by atoms with van der Waals surface area (Å²) in [5, 5.41) is 33.3. The number of rotatable bonds is 49. The molecule has 0 radical (unpaired) electrons. The third-order valence-electron chi connectivity index (χ3n) is 12.5. The van der Waals surface area contributed by atoms with Crippen LogP contribution in [-0.4, -0.2) is 46.1 Å².